The van der Waals surface area contributed by atoms with Crippen LogP contribution in [0.2, 0.25) is 0 Å². The van der Waals surface area contributed by atoms with E-state index in [2.05, 4.69) is 11.1 Å². The summed E-state index contributed by atoms with van der Waals surface area (Å²) in [6, 6.07) is 19.7. The van der Waals surface area contributed by atoms with Crippen molar-refractivity contribution >= 4 is 5.82 Å². The number of nitrogens with two attached hydrogens (primary N) is 1. The number of para-hydroxylation sites is 1. The van der Waals surface area contributed by atoms with E-state index in [1.807, 2.05) is 68.4 Å². The molecule has 3 rings (SSSR count). The van der Waals surface area contributed by atoms with Crippen LogP contribution in [0.1, 0.15) is 18.1 Å². The zero-order valence-corrected chi connectivity index (χ0v) is 14.3. The Hall–Kier alpha value is -3.32. The van der Waals surface area contributed by atoms with Gasteiger partial charge in [-0.15, -0.1) is 0 Å². The summed E-state index contributed by atoms with van der Waals surface area (Å²) in [6.45, 7) is 4.45. The molecule has 0 amide bonds. The minimum absolute atomic E-state index is 0.230. The highest BCUT2D eigenvalue weighted by molar-refractivity contribution is 5.86. The molecule has 0 spiro atoms. The summed E-state index contributed by atoms with van der Waals surface area (Å²) in [5.74, 6) is 0.961. The van der Waals surface area contributed by atoms with Crippen LogP contribution in [-0.4, -0.2) is 11.6 Å². The Morgan fingerprint density at radius 1 is 1.08 bits per heavy atom. The average Bonchev–Trinajstić information content (AvgIpc) is 2.64. The first kappa shape index (κ1) is 16.5. The van der Waals surface area contributed by atoms with Crippen molar-refractivity contribution in [3.8, 4) is 34.2 Å². The maximum absolute atomic E-state index is 9.66. The van der Waals surface area contributed by atoms with E-state index in [-0.39, 0.29) is 5.82 Å². The van der Waals surface area contributed by atoms with Gasteiger partial charge in [0.1, 0.15) is 23.2 Å². The molecule has 0 atom stereocenters. The molecule has 0 saturated heterocycles. The fourth-order valence-corrected chi connectivity index (χ4v) is 2.98. The van der Waals surface area contributed by atoms with Crippen LogP contribution >= 0.6 is 0 Å². The van der Waals surface area contributed by atoms with Crippen LogP contribution in [0.5, 0.6) is 5.75 Å². The first-order valence-corrected chi connectivity index (χ1v) is 8.15. The van der Waals surface area contributed by atoms with Crippen molar-refractivity contribution in [3.05, 3.63) is 65.7 Å². The molecule has 1 heterocycles. The zero-order valence-electron chi connectivity index (χ0n) is 14.3. The Bertz CT molecular complexity index is 943. The Balaban J connectivity index is 2.33. The molecule has 0 bridgehead atoms. The predicted molar refractivity (Wildman–Crippen MR) is 100 cm³/mol. The number of hydrogen-bond acceptors (Lipinski definition) is 4. The summed E-state index contributed by atoms with van der Waals surface area (Å²) in [6.07, 6.45) is 0. The number of nitrogen functional groups attached to an aromatic ring is 1. The molecule has 3 aromatic rings. The van der Waals surface area contributed by atoms with E-state index in [0.717, 1.165) is 33.7 Å². The van der Waals surface area contributed by atoms with Gasteiger partial charge in [0.15, 0.2) is 0 Å². The van der Waals surface area contributed by atoms with Crippen molar-refractivity contribution in [1.29, 1.82) is 5.26 Å². The molecule has 0 saturated carbocycles. The van der Waals surface area contributed by atoms with Gasteiger partial charge >= 0.3 is 0 Å². The van der Waals surface area contributed by atoms with Gasteiger partial charge in [-0.25, -0.2) is 4.98 Å². The van der Waals surface area contributed by atoms with Gasteiger partial charge in [0.2, 0.25) is 0 Å². The van der Waals surface area contributed by atoms with Crippen molar-refractivity contribution in [2.45, 2.75) is 13.8 Å². The number of rotatable bonds is 4. The first-order chi connectivity index (χ1) is 12.2. The molecule has 4 heteroatoms. The SMILES string of the molecule is CCOc1ccccc1-c1c(C)c(-c2ccccc2)nc(N)c1C#N. The van der Waals surface area contributed by atoms with Crippen LogP contribution in [0.25, 0.3) is 22.4 Å². The molecule has 0 fully saturated rings. The smallest absolute Gasteiger partial charge is 0.142 e. The predicted octanol–water partition coefficient (Wildman–Crippen LogP) is 4.58. The fraction of sp³-hybridized carbons (Fsp3) is 0.143. The monoisotopic (exact) mass is 329 g/mol. The number of aromatic nitrogens is 1. The summed E-state index contributed by atoms with van der Waals surface area (Å²) in [4.78, 5) is 4.49. The highest BCUT2D eigenvalue weighted by atomic mass is 16.5. The first-order valence-electron chi connectivity index (χ1n) is 8.15. The summed E-state index contributed by atoms with van der Waals surface area (Å²) in [5, 5.41) is 9.66. The molecule has 1 aromatic heterocycles. The van der Waals surface area contributed by atoms with E-state index in [4.69, 9.17) is 10.5 Å². The molecule has 0 radical (unpaired) electrons. The van der Waals surface area contributed by atoms with Crippen LogP contribution in [-0.2, 0) is 0 Å². The number of benzene rings is 2. The lowest BCUT2D eigenvalue weighted by Crippen LogP contribution is -2.04. The van der Waals surface area contributed by atoms with Crippen molar-refractivity contribution in [2.24, 2.45) is 0 Å². The molecule has 25 heavy (non-hydrogen) atoms. The number of ether oxygens (including phenoxy) is 1. The maximum Gasteiger partial charge on any atom is 0.142 e. The Morgan fingerprint density at radius 2 is 1.76 bits per heavy atom. The van der Waals surface area contributed by atoms with Crippen LogP contribution in [0, 0.1) is 18.3 Å². The normalized spacial score (nSPS) is 10.3. The Labute approximate surface area is 147 Å². The summed E-state index contributed by atoms with van der Waals surface area (Å²) >= 11 is 0. The molecular formula is C21H19N3O. The van der Waals surface area contributed by atoms with Crippen LogP contribution in [0.3, 0.4) is 0 Å². The van der Waals surface area contributed by atoms with Gasteiger partial charge in [0, 0.05) is 16.7 Å². The second-order valence-electron chi connectivity index (χ2n) is 5.63. The summed E-state index contributed by atoms with van der Waals surface area (Å²) in [7, 11) is 0. The standard InChI is InChI=1S/C21H19N3O/c1-3-25-18-12-8-7-11-16(18)19-14(2)20(15-9-5-4-6-10-15)24-21(23)17(19)13-22/h4-12H,3H2,1-2H3,(H2,23,24). The van der Waals surface area contributed by atoms with E-state index >= 15 is 0 Å². The van der Waals surface area contributed by atoms with E-state index in [1.54, 1.807) is 0 Å². The number of pyridine rings is 1. The zero-order chi connectivity index (χ0) is 17.8. The highest BCUT2D eigenvalue weighted by Gasteiger charge is 2.20. The molecule has 4 nitrogen and oxygen atoms in total. The quantitative estimate of drug-likeness (QED) is 0.760. The van der Waals surface area contributed by atoms with Crippen molar-refractivity contribution in [3.63, 3.8) is 0 Å². The minimum atomic E-state index is 0.230. The number of nitrogens with zero attached hydrogens (tertiary/aromatic N) is 2. The second-order valence-corrected chi connectivity index (χ2v) is 5.63. The molecular weight excluding hydrogens is 310 g/mol. The topological polar surface area (TPSA) is 71.9 Å². The highest BCUT2D eigenvalue weighted by Crippen LogP contribution is 2.39. The van der Waals surface area contributed by atoms with Gasteiger partial charge in [0.05, 0.1) is 12.3 Å². The van der Waals surface area contributed by atoms with Gasteiger partial charge in [0.25, 0.3) is 0 Å². The lowest BCUT2D eigenvalue weighted by Gasteiger charge is -2.17. The van der Waals surface area contributed by atoms with E-state index in [9.17, 15) is 5.26 Å². The summed E-state index contributed by atoms with van der Waals surface area (Å²) in [5.41, 5.74) is 10.8. The van der Waals surface area contributed by atoms with E-state index < -0.39 is 0 Å². The van der Waals surface area contributed by atoms with E-state index in [0.29, 0.717) is 12.2 Å². The number of anilines is 1. The van der Waals surface area contributed by atoms with Gasteiger partial charge in [-0.05, 0) is 25.5 Å². The third-order valence-corrected chi connectivity index (χ3v) is 4.08. The lowest BCUT2D eigenvalue weighted by atomic mass is 9.92. The van der Waals surface area contributed by atoms with Crippen molar-refractivity contribution in [1.82, 2.24) is 4.98 Å². The van der Waals surface area contributed by atoms with Crippen molar-refractivity contribution in [2.75, 3.05) is 12.3 Å². The minimum Gasteiger partial charge on any atom is -0.493 e. The van der Waals surface area contributed by atoms with Crippen molar-refractivity contribution < 1.29 is 4.74 Å². The molecule has 124 valence electrons. The number of nitriles is 1. The third kappa shape index (κ3) is 3.05. The molecule has 2 N–H and O–H groups in total. The summed E-state index contributed by atoms with van der Waals surface area (Å²) < 4.78 is 5.76. The van der Waals surface area contributed by atoms with Crippen LogP contribution in [0.15, 0.2) is 54.6 Å². The van der Waals surface area contributed by atoms with Gasteiger partial charge in [-0.3, -0.25) is 0 Å². The Kier molecular flexibility index (Phi) is 4.67. The fourth-order valence-electron chi connectivity index (χ4n) is 2.98. The average molecular weight is 329 g/mol. The molecule has 2 aromatic carbocycles. The maximum atomic E-state index is 9.66. The lowest BCUT2D eigenvalue weighted by molar-refractivity contribution is 0.341. The number of hydrogen-bond donors (Lipinski definition) is 1. The van der Waals surface area contributed by atoms with Crippen LogP contribution < -0.4 is 10.5 Å². The van der Waals surface area contributed by atoms with Gasteiger partial charge in [-0.1, -0.05) is 48.5 Å². The second kappa shape index (κ2) is 7.06. The molecule has 0 unspecified atom stereocenters. The Morgan fingerprint density at radius 3 is 2.44 bits per heavy atom. The van der Waals surface area contributed by atoms with Crippen LogP contribution in [0.4, 0.5) is 5.82 Å². The van der Waals surface area contributed by atoms with Gasteiger partial charge < -0.3 is 10.5 Å². The van der Waals surface area contributed by atoms with E-state index in [1.165, 1.54) is 0 Å². The molecule has 0 aliphatic heterocycles. The van der Waals surface area contributed by atoms with Gasteiger partial charge in [-0.2, -0.15) is 5.26 Å². The third-order valence-electron chi connectivity index (χ3n) is 4.08. The largest absolute Gasteiger partial charge is 0.493 e. The molecule has 0 aliphatic rings. The molecule has 0 aliphatic carbocycles.